The molecule has 0 aromatic carbocycles. The number of hydrogen-bond donors (Lipinski definition) is 1. The molecule has 1 aromatic rings. The standard InChI is InChI=1S/C12H13N5O/c13-6-8-3-4-15-16-11(8)17-5-1-2-9-10(17)7-14-12(9)18/h3-4,9-10H,1-2,5,7H2,(H,14,18). The second-order valence-corrected chi connectivity index (χ2v) is 4.63. The third-order valence-corrected chi connectivity index (χ3v) is 3.69. The van der Waals surface area contributed by atoms with Crippen LogP contribution in [0.15, 0.2) is 12.3 Å². The molecule has 2 fully saturated rings. The van der Waals surface area contributed by atoms with E-state index < -0.39 is 0 Å². The molecule has 3 heterocycles. The molecule has 2 saturated heterocycles. The highest BCUT2D eigenvalue weighted by Crippen LogP contribution is 2.31. The number of carbonyl (C=O) groups is 1. The maximum atomic E-state index is 11.7. The van der Waals surface area contributed by atoms with Gasteiger partial charge in [-0.25, -0.2) is 0 Å². The molecular formula is C12H13N5O. The van der Waals surface area contributed by atoms with Crippen LogP contribution in [-0.2, 0) is 4.79 Å². The van der Waals surface area contributed by atoms with Crippen molar-refractivity contribution in [3.63, 3.8) is 0 Å². The lowest BCUT2D eigenvalue weighted by molar-refractivity contribution is -0.122. The second kappa shape index (κ2) is 4.26. The number of fused-ring (bicyclic) bond motifs is 1. The van der Waals surface area contributed by atoms with E-state index in [1.54, 1.807) is 6.07 Å². The number of nitriles is 1. The van der Waals surface area contributed by atoms with E-state index in [1.807, 2.05) is 0 Å². The van der Waals surface area contributed by atoms with E-state index in [-0.39, 0.29) is 17.9 Å². The average Bonchev–Trinajstić information content (AvgIpc) is 2.81. The minimum absolute atomic E-state index is 0.0206. The van der Waals surface area contributed by atoms with Crippen molar-refractivity contribution < 1.29 is 4.79 Å². The summed E-state index contributed by atoms with van der Waals surface area (Å²) in [6, 6.07) is 3.90. The van der Waals surface area contributed by atoms with Crippen molar-refractivity contribution in [1.82, 2.24) is 15.5 Å². The van der Waals surface area contributed by atoms with Crippen LogP contribution in [-0.4, -0.2) is 35.2 Å². The highest BCUT2D eigenvalue weighted by atomic mass is 16.2. The summed E-state index contributed by atoms with van der Waals surface area (Å²) in [4.78, 5) is 13.8. The number of carbonyl (C=O) groups excluding carboxylic acids is 1. The fourth-order valence-corrected chi connectivity index (χ4v) is 2.84. The van der Waals surface area contributed by atoms with Gasteiger partial charge < -0.3 is 10.2 Å². The Morgan fingerprint density at radius 2 is 2.44 bits per heavy atom. The van der Waals surface area contributed by atoms with Gasteiger partial charge in [0.1, 0.15) is 6.07 Å². The first kappa shape index (κ1) is 11.0. The molecule has 0 radical (unpaired) electrons. The van der Waals surface area contributed by atoms with Crippen molar-refractivity contribution in [3.8, 4) is 6.07 Å². The fourth-order valence-electron chi connectivity index (χ4n) is 2.84. The van der Waals surface area contributed by atoms with Gasteiger partial charge in [0.25, 0.3) is 0 Å². The average molecular weight is 243 g/mol. The van der Waals surface area contributed by atoms with E-state index in [1.165, 1.54) is 6.20 Å². The summed E-state index contributed by atoms with van der Waals surface area (Å²) < 4.78 is 0. The predicted octanol–water partition coefficient (Wildman–Crippen LogP) is 0.0631. The van der Waals surface area contributed by atoms with E-state index in [0.29, 0.717) is 17.9 Å². The molecule has 92 valence electrons. The van der Waals surface area contributed by atoms with Crippen LogP contribution < -0.4 is 10.2 Å². The SMILES string of the molecule is N#Cc1ccnnc1N1CCCC2C(=O)NCC21. The molecule has 18 heavy (non-hydrogen) atoms. The van der Waals surface area contributed by atoms with E-state index in [9.17, 15) is 4.79 Å². The molecule has 0 bridgehead atoms. The highest BCUT2D eigenvalue weighted by molar-refractivity contribution is 5.83. The molecule has 6 heteroatoms. The Labute approximate surface area is 105 Å². The number of anilines is 1. The Morgan fingerprint density at radius 3 is 3.28 bits per heavy atom. The number of hydrogen-bond acceptors (Lipinski definition) is 5. The molecular weight excluding hydrogens is 230 g/mol. The van der Waals surface area contributed by atoms with Crippen LogP contribution in [0.2, 0.25) is 0 Å². The lowest BCUT2D eigenvalue weighted by atomic mass is 9.91. The molecule has 0 saturated carbocycles. The van der Waals surface area contributed by atoms with Crippen LogP contribution in [0.25, 0.3) is 0 Å². The van der Waals surface area contributed by atoms with Crippen LogP contribution in [0.5, 0.6) is 0 Å². The van der Waals surface area contributed by atoms with Gasteiger partial charge in [0, 0.05) is 13.1 Å². The quantitative estimate of drug-likeness (QED) is 0.754. The summed E-state index contributed by atoms with van der Waals surface area (Å²) >= 11 is 0. The maximum absolute atomic E-state index is 11.7. The van der Waals surface area contributed by atoms with Crippen molar-refractivity contribution in [3.05, 3.63) is 17.8 Å². The lowest BCUT2D eigenvalue weighted by Crippen LogP contribution is -2.46. The van der Waals surface area contributed by atoms with E-state index in [0.717, 1.165) is 19.4 Å². The van der Waals surface area contributed by atoms with Crippen LogP contribution in [0, 0.1) is 17.2 Å². The van der Waals surface area contributed by atoms with Crippen LogP contribution in [0.3, 0.4) is 0 Å². The third kappa shape index (κ3) is 1.59. The van der Waals surface area contributed by atoms with Crippen molar-refractivity contribution in [2.45, 2.75) is 18.9 Å². The van der Waals surface area contributed by atoms with Crippen molar-refractivity contribution in [2.75, 3.05) is 18.0 Å². The number of amides is 1. The summed E-state index contributed by atoms with van der Waals surface area (Å²) in [6.45, 7) is 1.45. The summed E-state index contributed by atoms with van der Waals surface area (Å²) in [6.07, 6.45) is 3.37. The Hall–Kier alpha value is -2.16. The Balaban J connectivity index is 1.96. The zero-order chi connectivity index (χ0) is 12.5. The van der Waals surface area contributed by atoms with Gasteiger partial charge in [-0.2, -0.15) is 10.4 Å². The first-order valence-corrected chi connectivity index (χ1v) is 6.07. The molecule has 0 aliphatic carbocycles. The number of aromatic nitrogens is 2. The maximum Gasteiger partial charge on any atom is 0.225 e. The van der Waals surface area contributed by atoms with Gasteiger partial charge in [-0.1, -0.05) is 0 Å². The van der Waals surface area contributed by atoms with E-state index in [2.05, 4.69) is 26.5 Å². The Kier molecular flexibility index (Phi) is 2.59. The minimum Gasteiger partial charge on any atom is -0.354 e. The molecule has 1 N–H and O–H groups in total. The minimum atomic E-state index is 0.0206. The molecule has 2 aliphatic rings. The molecule has 2 aliphatic heterocycles. The van der Waals surface area contributed by atoms with Gasteiger partial charge in [0.15, 0.2) is 5.82 Å². The number of rotatable bonds is 1. The molecule has 1 amide bonds. The predicted molar refractivity (Wildman–Crippen MR) is 63.6 cm³/mol. The van der Waals surface area contributed by atoms with Gasteiger partial charge in [-0.05, 0) is 18.9 Å². The summed E-state index contributed by atoms with van der Waals surface area (Å²) in [7, 11) is 0. The normalized spacial score (nSPS) is 26.4. The molecule has 3 rings (SSSR count). The molecule has 0 spiro atoms. The van der Waals surface area contributed by atoms with E-state index >= 15 is 0 Å². The van der Waals surface area contributed by atoms with Crippen molar-refractivity contribution >= 4 is 11.7 Å². The Bertz CT molecular complexity index is 523. The zero-order valence-electron chi connectivity index (χ0n) is 9.83. The van der Waals surface area contributed by atoms with Gasteiger partial charge in [-0.15, -0.1) is 5.10 Å². The van der Waals surface area contributed by atoms with Crippen LogP contribution in [0.4, 0.5) is 5.82 Å². The topological polar surface area (TPSA) is 81.9 Å². The van der Waals surface area contributed by atoms with Gasteiger partial charge >= 0.3 is 0 Å². The molecule has 1 aromatic heterocycles. The van der Waals surface area contributed by atoms with Gasteiger partial charge in [0.2, 0.25) is 5.91 Å². The van der Waals surface area contributed by atoms with Gasteiger partial charge in [0.05, 0.1) is 23.7 Å². The molecule has 2 atom stereocenters. The molecule has 2 unspecified atom stereocenters. The van der Waals surface area contributed by atoms with E-state index in [4.69, 9.17) is 5.26 Å². The first-order valence-electron chi connectivity index (χ1n) is 6.07. The smallest absolute Gasteiger partial charge is 0.225 e. The summed E-state index contributed by atoms with van der Waals surface area (Å²) in [5.74, 6) is 0.741. The second-order valence-electron chi connectivity index (χ2n) is 4.63. The Morgan fingerprint density at radius 1 is 1.56 bits per heavy atom. The lowest BCUT2D eigenvalue weighted by Gasteiger charge is -2.36. The highest BCUT2D eigenvalue weighted by Gasteiger charge is 2.41. The summed E-state index contributed by atoms with van der Waals surface area (Å²) in [5, 5.41) is 19.9. The van der Waals surface area contributed by atoms with Crippen LogP contribution in [0.1, 0.15) is 18.4 Å². The first-order chi connectivity index (χ1) is 8.81. The van der Waals surface area contributed by atoms with Crippen molar-refractivity contribution in [1.29, 1.82) is 5.26 Å². The van der Waals surface area contributed by atoms with Crippen LogP contribution >= 0.6 is 0 Å². The number of nitrogens with zero attached hydrogens (tertiary/aromatic N) is 4. The van der Waals surface area contributed by atoms with Gasteiger partial charge in [-0.3, -0.25) is 4.79 Å². The third-order valence-electron chi connectivity index (χ3n) is 3.69. The van der Waals surface area contributed by atoms with Crippen molar-refractivity contribution in [2.24, 2.45) is 5.92 Å². The largest absolute Gasteiger partial charge is 0.354 e. The fraction of sp³-hybridized carbons (Fsp3) is 0.500. The monoisotopic (exact) mass is 243 g/mol. The number of piperidine rings is 1. The number of nitrogens with one attached hydrogen (secondary N) is 1. The molecule has 6 nitrogen and oxygen atoms in total. The zero-order valence-corrected chi connectivity index (χ0v) is 9.83. The summed E-state index contributed by atoms with van der Waals surface area (Å²) in [5.41, 5.74) is 0.519.